The lowest BCUT2D eigenvalue weighted by Gasteiger charge is -2.32. The van der Waals surface area contributed by atoms with Crippen molar-refractivity contribution in [2.24, 2.45) is 0 Å². The van der Waals surface area contributed by atoms with Crippen LogP contribution in [-0.4, -0.2) is 23.9 Å². The van der Waals surface area contributed by atoms with Crippen LogP contribution in [0.25, 0.3) is 0 Å². The lowest BCUT2D eigenvalue weighted by molar-refractivity contribution is -0.136. The van der Waals surface area contributed by atoms with E-state index in [1.165, 1.54) is 6.07 Å². The van der Waals surface area contributed by atoms with E-state index in [9.17, 15) is 9.18 Å². The highest BCUT2D eigenvalue weighted by molar-refractivity contribution is 5.88. The highest BCUT2D eigenvalue weighted by Gasteiger charge is 2.45. The Kier molecular flexibility index (Phi) is 3.29. The molecule has 0 aromatic heterocycles. The van der Waals surface area contributed by atoms with E-state index < -0.39 is 5.41 Å². The van der Waals surface area contributed by atoms with Gasteiger partial charge < -0.3 is 4.90 Å². The molecule has 0 radical (unpaired) electrons. The van der Waals surface area contributed by atoms with Crippen LogP contribution in [-0.2, 0) is 10.2 Å². The molecule has 2 fully saturated rings. The first-order valence-electron chi connectivity index (χ1n) is 7.28. The predicted molar refractivity (Wildman–Crippen MR) is 72.4 cm³/mol. The Labute approximate surface area is 113 Å². The summed E-state index contributed by atoms with van der Waals surface area (Å²) in [5, 5.41) is 0. The zero-order valence-corrected chi connectivity index (χ0v) is 11.2. The van der Waals surface area contributed by atoms with Gasteiger partial charge in [-0.3, -0.25) is 4.79 Å². The zero-order valence-electron chi connectivity index (χ0n) is 11.2. The molecule has 1 saturated heterocycles. The summed E-state index contributed by atoms with van der Waals surface area (Å²) in [5.74, 6) is -0.00824. The molecule has 1 aromatic carbocycles. The largest absolute Gasteiger partial charge is 0.342 e. The molecule has 0 spiro atoms. The summed E-state index contributed by atoms with van der Waals surface area (Å²) in [4.78, 5) is 14.9. The van der Waals surface area contributed by atoms with E-state index >= 15 is 0 Å². The van der Waals surface area contributed by atoms with Crippen molar-refractivity contribution in [3.8, 4) is 0 Å². The molecule has 0 atom stereocenters. The van der Waals surface area contributed by atoms with Gasteiger partial charge >= 0.3 is 0 Å². The fourth-order valence-electron chi connectivity index (χ4n) is 3.61. The molecule has 3 rings (SSSR count). The first-order valence-corrected chi connectivity index (χ1v) is 7.28. The van der Waals surface area contributed by atoms with E-state index in [1.54, 1.807) is 12.1 Å². The van der Waals surface area contributed by atoms with Crippen LogP contribution in [0.1, 0.15) is 44.1 Å². The van der Waals surface area contributed by atoms with Gasteiger partial charge in [-0.2, -0.15) is 0 Å². The molecule has 0 unspecified atom stereocenters. The summed E-state index contributed by atoms with van der Waals surface area (Å²) >= 11 is 0. The Morgan fingerprint density at radius 1 is 1.11 bits per heavy atom. The smallest absolute Gasteiger partial charge is 0.233 e. The highest BCUT2D eigenvalue weighted by atomic mass is 19.1. The molecule has 1 saturated carbocycles. The molecule has 0 bridgehead atoms. The molecule has 2 nitrogen and oxygen atoms in total. The molecular formula is C16H20FNO. The van der Waals surface area contributed by atoms with Crippen LogP contribution in [0.2, 0.25) is 0 Å². The molecule has 19 heavy (non-hydrogen) atoms. The van der Waals surface area contributed by atoms with Crippen molar-refractivity contribution in [2.75, 3.05) is 13.1 Å². The van der Waals surface area contributed by atoms with Crippen LogP contribution in [0, 0.1) is 5.82 Å². The summed E-state index contributed by atoms with van der Waals surface area (Å²) in [7, 11) is 0. The summed E-state index contributed by atoms with van der Waals surface area (Å²) in [6.45, 7) is 1.74. The molecule has 1 aliphatic carbocycles. The van der Waals surface area contributed by atoms with E-state index in [-0.39, 0.29) is 11.7 Å². The number of likely N-dealkylation sites (tertiary alicyclic amines) is 1. The zero-order chi connectivity index (χ0) is 13.3. The minimum atomic E-state index is -0.452. The number of carbonyl (C=O) groups excluding carboxylic acids is 1. The van der Waals surface area contributed by atoms with Crippen LogP contribution < -0.4 is 0 Å². The van der Waals surface area contributed by atoms with E-state index in [2.05, 4.69) is 0 Å². The molecule has 1 amide bonds. The lowest BCUT2D eigenvalue weighted by atomic mass is 9.77. The molecule has 1 aromatic rings. The SMILES string of the molecule is O=C(N1CCCC1)C1(c2cccc(F)c2)CCCC1. The second-order valence-electron chi connectivity index (χ2n) is 5.80. The van der Waals surface area contributed by atoms with Crippen molar-refractivity contribution in [3.63, 3.8) is 0 Å². The van der Waals surface area contributed by atoms with Crippen molar-refractivity contribution in [1.29, 1.82) is 0 Å². The highest BCUT2D eigenvalue weighted by Crippen LogP contribution is 2.43. The van der Waals surface area contributed by atoms with Crippen LogP contribution in [0.5, 0.6) is 0 Å². The normalized spacial score (nSPS) is 21.8. The van der Waals surface area contributed by atoms with E-state index in [1.807, 2.05) is 11.0 Å². The van der Waals surface area contributed by atoms with Gasteiger partial charge in [-0.15, -0.1) is 0 Å². The Bertz CT molecular complexity index is 473. The van der Waals surface area contributed by atoms with Gasteiger partial charge in [0.1, 0.15) is 5.82 Å². The maximum absolute atomic E-state index is 13.5. The average molecular weight is 261 g/mol. The number of rotatable bonds is 2. The Morgan fingerprint density at radius 3 is 2.42 bits per heavy atom. The number of carbonyl (C=O) groups is 1. The Hall–Kier alpha value is -1.38. The number of amides is 1. The average Bonchev–Trinajstić information content (AvgIpc) is 3.10. The summed E-state index contributed by atoms with van der Waals surface area (Å²) < 4.78 is 13.5. The van der Waals surface area contributed by atoms with Gasteiger partial charge in [-0.1, -0.05) is 25.0 Å². The van der Waals surface area contributed by atoms with Gasteiger partial charge in [0.25, 0.3) is 0 Å². The number of halogens is 1. The van der Waals surface area contributed by atoms with E-state index in [0.29, 0.717) is 0 Å². The monoisotopic (exact) mass is 261 g/mol. The van der Waals surface area contributed by atoms with Crippen molar-refractivity contribution >= 4 is 5.91 Å². The number of hydrogen-bond acceptors (Lipinski definition) is 1. The molecule has 0 N–H and O–H groups in total. The minimum Gasteiger partial charge on any atom is -0.342 e. The topological polar surface area (TPSA) is 20.3 Å². The minimum absolute atomic E-state index is 0.230. The Morgan fingerprint density at radius 2 is 1.79 bits per heavy atom. The van der Waals surface area contributed by atoms with Crippen molar-refractivity contribution in [3.05, 3.63) is 35.6 Å². The lowest BCUT2D eigenvalue weighted by Crippen LogP contribution is -2.44. The second kappa shape index (κ2) is 4.95. The van der Waals surface area contributed by atoms with Gasteiger partial charge in [0, 0.05) is 13.1 Å². The third kappa shape index (κ3) is 2.15. The number of nitrogens with zero attached hydrogens (tertiary/aromatic N) is 1. The molecule has 102 valence electrons. The number of hydrogen-bond donors (Lipinski definition) is 0. The summed E-state index contributed by atoms with van der Waals surface area (Å²) in [6.07, 6.45) is 6.07. The van der Waals surface area contributed by atoms with Crippen LogP contribution in [0.15, 0.2) is 24.3 Å². The van der Waals surface area contributed by atoms with Crippen LogP contribution >= 0.6 is 0 Å². The van der Waals surface area contributed by atoms with Gasteiger partial charge in [0.15, 0.2) is 0 Å². The molecule has 2 aliphatic rings. The Balaban J connectivity index is 1.96. The first kappa shape index (κ1) is 12.6. The van der Waals surface area contributed by atoms with Gasteiger partial charge in [-0.05, 0) is 43.4 Å². The molecular weight excluding hydrogens is 241 g/mol. The summed E-state index contributed by atoms with van der Waals surface area (Å²) in [5.41, 5.74) is 0.425. The fraction of sp³-hybridized carbons (Fsp3) is 0.562. The molecule has 1 aliphatic heterocycles. The van der Waals surface area contributed by atoms with Gasteiger partial charge in [-0.25, -0.2) is 4.39 Å². The molecule has 3 heteroatoms. The first-order chi connectivity index (χ1) is 9.22. The predicted octanol–water partition coefficient (Wildman–Crippen LogP) is 3.26. The van der Waals surface area contributed by atoms with Crippen molar-refractivity contribution in [2.45, 2.75) is 43.9 Å². The molecule has 1 heterocycles. The quantitative estimate of drug-likeness (QED) is 0.800. The van der Waals surface area contributed by atoms with Gasteiger partial charge in [0.2, 0.25) is 5.91 Å². The van der Waals surface area contributed by atoms with E-state index in [4.69, 9.17) is 0 Å². The second-order valence-corrected chi connectivity index (χ2v) is 5.80. The maximum atomic E-state index is 13.5. The van der Waals surface area contributed by atoms with Crippen LogP contribution in [0.4, 0.5) is 4.39 Å². The van der Waals surface area contributed by atoms with Crippen molar-refractivity contribution in [1.82, 2.24) is 4.90 Å². The maximum Gasteiger partial charge on any atom is 0.233 e. The number of benzene rings is 1. The van der Waals surface area contributed by atoms with Crippen LogP contribution in [0.3, 0.4) is 0 Å². The van der Waals surface area contributed by atoms with Gasteiger partial charge in [0.05, 0.1) is 5.41 Å². The summed E-state index contributed by atoms with van der Waals surface area (Å²) in [6, 6.07) is 6.65. The fourth-order valence-corrected chi connectivity index (χ4v) is 3.61. The third-order valence-corrected chi connectivity index (χ3v) is 4.64. The third-order valence-electron chi connectivity index (χ3n) is 4.64. The van der Waals surface area contributed by atoms with Crippen molar-refractivity contribution < 1.29 is 9.18 Å². The van der Waals surface area contributed by atoms with E-state index in [0.717, 1.165) is 57.2 Å². The standard InChI is InChI=1S/C16H20FNO/c17-14-7-5-6-13(12-14)16(8-1-2-9-16)15(19)18-10-3-4-11-18/h5-7,12H,1-4,8-11H2.